The molecule has 3 aromatic rings. The van der Waals surface area contributed by atoms with Gasteiger partial charge in [-0.25, -0.2) is 17.7 Å². The summed E-state index contributed by atoms with van der Waals surface area (Å²) in [7, 11) is -3.93. The first kappa shape index (κ1) is 21.0. The lowest BCUT2D eigenvalue weighted by atomic mass is 10.1. The highest BCUT2D eigenvalue weighted by molar-refractivity contribution is 7.91. The van der Waals surface area contributed by atoms with Crippen LogP contribution in [0.3, 0.4) is 0 Å². The largest absolute Gasteiger partial charge is 0.453 e. The fraction of sp³-hybridized carbons (Fsp3) is 0.261. The number of aliphatic imine (C=N–C) groups is 1. The number of benzene rings is 2. The Bertz CT molecular complexity index is 1290. The van der Waals surface area contributed by atoms with Crippen LogP contribution in [-0.2, 0) is 14.8 Å². The lowest BCUT2D eigenvalue weighted by molar-refractivity contribution is -0.119. The lowest BCUT2D eigenvalue weighted by Crippen LogP contribution is -2.31. The molecule has 31 heavy (non-hydrogen) atoms. The first-order valence-corrected chi connectivity index (χ1v) is 11.6. The third-order valence-corrected chi connectivity index (χ3v) is 7.27. The van der Waals surface area contributed by atoms with Gasteiger partial charge >= 0.3 is 0 Å². The topological polar surface area (TPSA) is 97.0 Å². The van der Waals surface area contributed by atoms with Crippen LogP contribution in [-0.4, -0.2) is 36.7 Å². The normalized spacial score (nSPS) is 19.4. The molecule has 8 heteroatoms. The van der Waals surface area contributed by atoms with Crippen LogP contribution in [0.2, 0.25) is 0 Å². The van der Waals surface area contributed by atoms with Crippen molar-refractivity contribution in [2.45, 2.75) is 31.9 Å². The van der Waals surface area contributed by atoms with Gasteiger partial charge < -0.3 is 4.42 Å². The molecule has 0 aliphatic carbocycles. The number of nitrogens with zero attached hydrogens (tertiary/aromatic N) is 2. The van der Waals surface area contributed by atoms with E-state index in [0.29, 0.717) is 28.6 Å². The quantitative estimate of drug-likeness (QED) is 0.531. The SMILES string of the molecule is CCCCN1C(=O)C(=Nc2ccc3oc(C(C)=O)cc3c2)C(c2ccccc2)S1(=O)=O. The zero-order chi connectivity index (χ0) is 22.2. The second-order valence-electron chi connectivity index (χ2n) is 7.45. The molecule has 7 nitrogen and oxygen atoms in total. The molecule has 4 rings (SSSR count). The molecule has 1 amide bonds. The first-order chi connectivity index (χ1) is 14.8. The molecule has 0 radical (unpaired) electrons. The third-order valence-electron chi connectivity index (χ3n) is 5.21. The number of carbonyl (C=O) groups is 2. The molecule has 1 fully saturated rings. The van der Waals surface area contributed by atoms with Gasteiger partial charge in [-0.3, -0.25) is 9.59 Å². The van der Waals surface area contributed by atoms with E-state index in [1.54, 1.807) is 54.6 Å². The predicted octanol–water partition coefficient (Wildman–Crippen LogP) is 4.42. The van der Waals surface area contributed by atoms with Crippen molar-refractivity contribution in [3.05, 3.63) is 65.9 Å². The average molecular weight is 439 g/mol. The summed E-state index contributed by atoms with van der Waals surface area (Å²) in [6.07, 6.45) is 1.34. The van der Waals surface area contributed by atoms with Crippen LogP contribution in [0.1, 0.15) is 48.1 Å². The molecular weight excluding hydrogens is 416 g/mol. The molecule has 160 valence electrons. The van der Waals surface area contributed by atoms with Crippen molar-refractivity contribution in [1.82, 2.24) is 4.31 Å². The highest BCUT2D eigenvalue weighted by Gasteiger charge is 2.50. The van der Waals surface area contributed by atoms with Gasteiger partial charge in [0.25, 0.3) is 15.9 Å². The number of amides is 1. The summed E-state index contributed by atoms with van der Waals surface area (Å²) >= 11 is 0. The van der Waals surface area contributed by atoms with E-state index in [9.17, 15) is 18.0 Å². The summed E-state index contributed by atoms with van der Waals surface area (Å²) in [4.78, 5) is 29.2. The smallest absolute Gasteiger partial charge is 0.283 e. The molecule has 1 aliphatic heterocycles. The molecule has 2 heterocycles. The maximum absolute atomic E-state index is 13.3. The van der Waals surface area contributed by atoms with Crippen molar-refractivity contribution in [1.29, 1.82) is 0 Å². The standard InChI is InChI=1S/C23H22N2O5S/c1-3-4-12-25-23(27)21(22(31(25,28)29)16-8-6-5-7-9-16)24-18-10-11-19-17(13-18)14-20(30-19)15(2)26/h5-11,13-14,22H,3-4,12H2,1-2H3. The van der Waals surface area contributed by atoms with Gasteiger partial charge in [0.2, 0.25) is 0 Å². The van der Waals surface area contributed by atoms with E-state index in [1.165, 1.54) is 6.92 Å². The Balaban J connectivity index is 1.83. The fourth-order valence-electron chi connectivity index (χ4n) is 3.63. The zero-order valence-corrected chi connectivity index (χ0v) is 18.1. The predicted molar refractivity (Wildman–Crippen MR) is 118 cm³/mol. The van der Waals surface area contributed by atoms with Crippen molar-refractivity contribution in [3.63, 3.8) is 0 Å². The van der Waals surface area contributed by atoms with Crippen LogP contribution < -0.4 is 0 Å². The Kier molecular flexibility index (Phi) is 5.49. The summed E-state index contributed by atoms with van der Waals surface area (Å²) < 4.78 is 33.0. The second kappa shape index (κ2) is 8.11. The number of hydrogen-bond acceptors (Lipinski definition) is 6. The van der Waals surface area contributed by atoms with E-state index < -0.39 is 21.2 Å². The van der Waals surface area contributed by atoms with E-state index in [1.807, 2.05) is 6.92 Å². The van der Waals surface area contributed by atoms with Crippen LogP contribution in [0.25, 0.3) is 11.0 Å². The molecular formula is C23H22N2O5S. The zero-order valence-electron chi connectivity index (χ0n) is 17.2. The monoisotopic (exact) mass is 438 g/mol. The van der Waals surface area contributed by atoms with Gasteiger partial charge in [-0.15, -0.1) is 0 Å². The van der Waals surface area contributed by atoms with Gasteiger partial charge in [-0.1, -0.05) is 43.7 Å². The van der Waals surface area contributed by atoms with Crippen LogP contribution in [0.15, 0.2) is 64.0 Å². The van der Waals surface area contributed by atoms with Gasteiger partial charge in [-0.05, 0) is 36.2 Å². The molecule has 0 saturated carbocycles. The van der Waals surface area contributed by atoms with Gasteiger partial charge in [0.1, 0.15) is 11.3 Å². The Morgan fingerprint density at radius 2 is 1.87 bits per heavy atom. The molecule has 0 N–H and O–H groups in total. The molecule has 1 atom stereocenters. The molecule has 1 unspecified atom stereocenters. The number of carbonyl (C=O) groups excluding carboxylic acids is 2. The van der Waals surface area contributed by atoms with Gasteiger partial charge in [-0.2, -0.15) is 0 Å². The number of furan rings is 1. The number of hydrogen-bond donors (Lipinski definition) is 0. The number of Topliss-reactive ketones (excluding diaryl/α,β-unsaturated/α-hetero) is 1. The Labute approximate surface area is 180 Å². The summed E-state index contributed by atoms with van der Waals surface area (Å²) in [5.41, 5.74) is 1.40. The Hall–Kier alpha value is -3.26. The average Bonchev–Trinajstić information content (AvgIpc) is 3.24. The summed E-state index contributed by atoms with van der Waals surface area (Å²) in [6.45, 7) is 3.48. The van der Waals surface area contributed by atoms with Crippen molar-refractivity contribution in [3.8, 4) is 0 Å². The molecule has 1 aromatic heterocycles. The molecule has 0 bridgehead atoms. The highest BCUT2D eigenvalue weighted by atomic mass is 32.2. The van der Waals surface area contributed by atoms with Crippen LogP contribution in [0, 0.1) is 0 Å². The number of unbranched alkanes of at least 4 members (excludes halogenated alkanes) is 1. The number of rotatable bonds is 6. The van der Waals surface area contributed by atoms with Crippen molar-refractivity contribution in [2.75, 3.05) is 6.54 Å². The van der Waals surface area contributed by atoms with E-state index >= 15 is 0 Å². The fourth-order valence-corrected chi connectivity index (χ4v) is 5.53. The van der Waals surface area contributed by atoms with E-state index in [2.05, 4.69) is 4.99 Å². The first-order valence-electron chi connectivity index (χ1n) is 10.1. The third kappa shape index (κ3) is 3.79. The van der Waals surface area contributed by atoms with Gasteiger partial charge in [0.15, 0.2) is 16.8 Å². The van der Waals surface area contributed by atoms with Crippen molar-refractivity contribution in [2.24, 2.45) is 4.99 Å². The minimum absolute atomic E-state index is 0.0306. The molecule has 2 aromatic carbocycles. The second-order valence-corrected chi connectivity index (χ2v) is 9.39. The van der Waals surface area contributed by atoms with Gasteiger partial charge in [0.05, 0.1) is 5.69 Å². The van der Waals surface area contributed by atoms with Crippen LogP contribution in [0.4, 0.5) is 5.69 Å². The number of fused-ring (bicyclic) bond motifs is 1. The summed E-state index contributed by atoms with van der Waals surface area (Å²) in [6, 6.07) is 15.2. The van der Waals surface area contributed by atoms with Crippen LogP contribution in [0.5, 0.6) is 0 Å². The summed E-state index contributed by atoms with van der Waals surface area (Å²) in [5.74, 6) is -0.567. The van der Waals surface area contributed by atoms with Crippen molar-refractivity contribution >= 4 is 44.1 Å². The number of sulfonamides is 1. The molecule has 0 spiro atoms. The highest BCUT2D eigenvalue weighted by Crippen LogP contribution is 2.36. The van der Waals surface area contributed by atoms with Gasteiger partial charge in [0, 0.05) is 18.9 Å². The van der Waals surface area contributed by atoms with Crippen molar-refractivity contribution < 1.29 is 22.4 Å². The van der Waals surface area contributed by atoms with E-state index in [-0.39, 0.29) is 23.8 Å². The minimum Gasteiger partial charge on any atom is -0.453 e. The Morgan fingerprint density at radius 1 is 1.13 bits per heavy atom. The van der Waals surface area contributed by atoms with Crippen LogP contribution >= 0.6 is 0 Å². The summed E-state index contributed by atoms with van der Waals surface area (Å²) in [5, 5.41) is -0.509. The molecule has 1 aliphatic rings. The maximum atomic E-state index is 13.3. The lowest BCUT2D eigenvalue weighted by Gasteiger charge is -2.15. The van der Waals surface area contributed by atoms with E-state index in [4.69, 9.17) is 4.42 Å². The Morgan fingerprint density at radius 3 is 2.55 bits per heavy atom. The minimum atomic E-state index is -3.93. The molecule has 1 saturated heterocycles. The number of ketones is 1. The van der Waals surface area contributed by atoms with E-state index in [0.717, 1.165) is 10.7 Å². The maximum Gasteiger partial charge on any atom is 0.283 e.